The third kappa shape index (κ3) is 5.96. The second-order valence-corrected chi connectivity index (χ2v) is 16.1. The highest BCUT2D eigenvalue weighted by Crippen LogP contribution is 2.46. The number of nitrogens with zero attached hydrogens (tertiary/aromatic N) is 1. The summed E-state index contributed by atoms with van der Waals surface area (Å²) in [5.74, 6) is 1.08. The van der Waals surface area contributed by atoms with Gasteiger partial charge in [-0.15, -0.1) is 0 Å². The highest BCUT2D eigenvalue weighted by Gasteiger charge is 2.24. The van der Waals surface area contributed by atoms with Crippen molar-refractivity contribution in [1.29, 1.82) is 0 Å². The lowest BCUT2D eigenvalue weighted by Gasteiger charge is -2.29. The predicted molar refractivity (Wildman–Crippen MR) is 255 cm³/mol. The molecular weight excluding hydrogens is 743 g/mol. The minimum Gasteiger partial charge on any atom is -0.460 e. The first-order valence-electron chi connectivity index (χ1n) is 21.4. The van der Waals surface area contributed by atoms with Gasteiger partial charge >= 0.3 is 0 Å². The Morgan fingerprint density at radius 2 is 1.08 bits per heavy atom. The Bertz CT molecular complexity index is 3400. The zero-order chi connectivity index (χ0) is 40.3. The first kappa shape index (κ1) is 35.3. The van der Waals surface area contributed by atoms with E-state index in [9.17, 15) is 0 Å². The van der Waals surface area contributed by atoms with Crippen molar-refractivity contribution in [2.75, 3.05) is 4.90 Å². The average Bonchev–Trinajstić information content (AvgIpc) is 3.91. The maximum absolute atomic E-state index is 6.37. The molecule has 0 bridgehead atoms. The number of furan rings is 2. The first-order valence-corrected chi connectivity index (χ1v) is 21.4. The highest BCUT2D eigenvalue weighted by atomic mass is 16.3. The molecule has 0 radical (unpaired) electrons. The zero-order valence-corrected chi connectivity index (χ0v) is 33.6. The normalized spacial score (nSPS) is 13.8. The van der Waals surface area contributed by atoms with Gasteiger partial charge in [0, 0.05) is 45.1 Å². The van der Waals surface area contributed by atoms with Gasteiger partial charge in [0.25, 0.3) is 0 Å². The maximum atomic E-state index is 6.37. The quantitative estimate of drug-likeness (QED) is 0.161. The molecule has 0 saturated heterocycles. The lowest BCUT2D eigenvalue weighted by Crippen LogP contribution is -2.11. The van der Waals surface area contributed by atoms with Gasteiger partial charge in [0.2, 0.25) is 0 Å². The number of allylic oxidation sites excluding steroid dienone is 5. The molecular formula is C58H41NO2. The number of rotatable bonds is 7. The van der Waals surface area contributed by atoms with Crippen LogP contribution in [0, 0.1) is 0 Å². The molecule has 10 aromatic rings. The number of anilines is 3. The van der Waals surface area contributed by atoms with E-state index in [2.05, 4.69) is 193 Å². The Hall–Kier alpha value is -7.62. The summed E-state index contributed by atoms with van der Waals surface area (Å²) >= 11 is 0. The third-order valence-electron chi connectivity index (χ3n) is 12.6. The molecule has 0 saturated carbocycles. The predicted octanol–water partition coefficient (Wildman–Crippen LogP) is 16.4. The average molecular weight is 784 g/mol. The van der Waals surface area contributed by atoms with E-state index in [-0.39, 0.29) is 0 Å². The molecule has 2 aliphatic rings. The van der Waals surface area contributed by atoms with E-state index in [0.717, 1.165) is 87.2 Å². The molecule has 0 unspecified atom stereocenters. The van der Waals surface area contributed by atoms with E-state index in [0.29, 0.717) is 0 Å². The Kier molecular flexibility index (Phi) is 8.45. The van der Waals surface area contributed by atoms with E-state index in [4.69, 9.17) is 8.83 Å². The lowest BCUT2D eigenvalue weighted by molar-refractivity contribution is 0.545. The molecule has 2 aliphatic carbocycles. The Labute approximate surface area is 354 Å². The molecule has 0 atom stereocenters. The zero-order valence-electron chi connectivity index (χ0n) is 33.6. The fourth-order valence-corrected chi connectivity index (χ4v) is 9.86. The molecule has 3 heteroatoms. The minimum absolute atomic E-state index is 0.900. The van der Waals surface area contributed by atoms with Crippen LogP contribution in [-0.4, -0.2) is 0 Å². The topological polar surface area (TPSA) is 29.5 Å². The van der Waals surface area contributed by atoms with Crippen LogP contribution in [0.3, 0.4) is 0 Å². The van der Waals surface area contributed by atoms with E-state index < -0.39 is 0 Å². The minimum atomic E-state index is 0.900. The summed E-state index contributed by atoms with van der Waals surface area (Å²) in [7, 11) is 0. The molecule has 61 heavy (non-hydrogen) atoms. The van der Waals surface area contributed by atoms with Crippen molar-refractivity contribution in [3.05, 3.63) is 223 Å². The van der Waals surface area contributed by atoms with Crippen LogP contribution in [-0.2, 0) is 6.42 Å². The van der Waals surface area contributed by atoms with Gasteiger partial charge in [0.15, 0.2) is 0 Å². The fourth-order valence-electron chi connectivity index (χ4n) is 9.86. The van der Waals surface area contributed by atoms with E-state index in [1.807, 2.05) is 12.1 Å². The Morgan fingerprint density at radius 3 is 1.87 bits per heavy atom. The smallest absolute Gasteiger partial charge is 0.136 e. The molecule has 12 rings (SSSR count). The Morgan fingerprint density at radius 1 is 0.443 bits per heavy atom. The van der Waals surface area contributed by atoms with Crippen molar-refractivity contribution in [2.45, 2.75) is 25.7 Å². The van der Waals surface area contributed by atoms with Gasteiger partial charge in [-0.3, -0.25) is 0 Å². The third-order valence-corrected chi connectivity index (χ3v) is 12.6. The van der Waals surface area contributed by atoms with E-state index >= 15 is 0 Å². The second kappa shape index (κ2) is 14.6. The van der Waals surface area contributed by atoms with Crippen molar-refractivity contribution < 1.29 is 8.83 Å². The summed E-state index contributed by atoms with van der Waals surface area (Å²) in [4.78, 5) is 2.43. The molecule has 2 heterocycles. The maximum Gasteiger partial charge on any atom is 0.136 e. The van der Waals surface area contributed by atoms with Crippen molar-refractivity contribution in [3.63, 3.8) is 0 Å². The van der Waals surface area contributed by atoms with Gasteiger partial charge in [-0.2, -0.15) is 0 Å². The summed E-state index contributed by atoms with van der Waals surface area (Å²) < 4.78 is 12.7. The van der Waals surface area contributed by atoms with Gasteiger partial charge in [-0.05, 0) is 118 Å². The molecule has 0 fully saturated rings. The summed E-state index contributed by atoms with van der Waals surface area (Å²) in [5, 5.41) is 5.98. The Balaban J connectivity index is 1.02. The second-order valence-electron chi connectivity index (χ2n) is 16.1. The molecule has 8 aromatic carbocycles. The number of para-hydroxylation sites is 3. The number of hydrogen-bond donors (Lipinski definition) is 0. The van der Waals surface area contributed by atoms with Crippen LogP contribution >= 0.6 is 0 Å². The molecule has 3 nitrogen and oxygen atoms in total. The number of benzene rings is 8. The van der Waals surface area contributed by atoms with Crippen LogP contribution in [0.2, 0.25) is 0 Å². The van der Waals surface area contributed by atoms with Crippen LogP contribution in [0.25, 0.3) is 77.1 Å². The molecule has 0 aliphatic heterocycles. The molecule has 2 aromatic heterocycles. The summed E-state index contributed by atoms with van der Waals surface area (Å²) in [6.07, 6.45) is 13.1. The molecule has 0 spiro atoms. The van der Waals surface area contributed by atoms with Crippen molar-refractivity contribution in [3.8, 4) is 22.3 Å². The number of fused-ring (bicyclic) bond motifs is 7. The number of hydrogen-bond acceptors (Lipinski definition) is 3. The van der Waals surface area contributed by atoms with Crippen LogP contribution in [0.4, 0.5) is 17.1 Å². The van der Waals surface area contributed by atoms with E-state index in [1.165, 1.54) is 55.1 Å². The summed E-state index contributed by atoms with van der Waals surface area (Å²) in [6.45, 7) is 0. The van der Waals surface area contributed by atoms with Crippen LogP contribution in [0.5, 0.6) is 0 Å². The van der Waals surface area contributed by atoms with Crippen LogP contribution in [0.1, 0.15) is 41.7 Å². The van der Waals surface area contributed by atoms with Gasteiger partial charge in [-0.1, -0.05) is 152 Å². The van der Waals surface area contributed by atoms with Crippen LogP contribution in [0.15, 0.2) is 209 Å². The highest BCUT2D eigenvalue weighted by molar-refractivity contribution is 6.12. The standard InChI is InChI=1S/C58H41NO2/c1-2-14-38(15-3-1)44-21-10-16-41-17-11-24-48(56(41)44)47-18-4-7-25-51(47)59(42-34-30-39(31-35-42)45-22-12-28-54-57(45)49-19-5-8-26-52(49)60-54)43-36-32-40(33-37-43)46-23-13-29-55-58(46)50-20-6-9-27-53(50)61-55/h1-2,4-12,14,16-28,30-37H,3,13,15,29H2. The van der Waals surface area contributed by atoms with Gasteiger partial charge < -0.3 is 13.7 Å². The summed E-state index contributed by atoms with van der Waals surface area (Å²) in [5.41, 5.74) is 17.1. The monoisotopic (exact) mass is 783 g/mol. The largest absolute Gasteiger partial charge is 0.460 e. The molecule has 0 N–H and O–H groups in total. The lowest BCUT2D eigenvalue weighted by atomic mass is 9.88. The SMILES string of the molecule is C1=CCCC(c2cccc3cccc(-c4ccccc4N(c4ccc(C5=CCCc6oc7ccccc7c65)cc4)c4ccc(-c5cccc6oc7ccccc7c56)cc4)c23)=C1. The van der Waals surface area contributed by atoms with E-state index in [1.54, 1.807) is 0 Å². The molecule has 0 amide bonds. The van der Waals surface area contributed by atoms with Crippen molar-refractivity contribution in [2.24, 2.45) is 0 Å². The van der Waals surface area contributed by atoms with Crippen LogP contribution < -0.4 is 4.90 Å². The van der Waals surface area contributed by atoms with Crippen molar-refractivity contribution >= 4 is 71.9 Å². The van der Waals surface area contributed by atoms with Gasteiger partial charge in [0.05, 0.1) is 5.69 Å². The molecule has 290 valence electrons. The van der Waals surface area contributed by atoms with Gasteiger partial charge in [0.1, 0.15) is 22.5 Å². The first-order chi connectivity index (χ1) is 30.3. The van der Waals surface area contributed by atoms with Gasteiger partial charge in [-0.25, -0.2) is 0 Å². The summed E-state index contributed by atoms with van der Waals surface area (Å²) in [6, 6.07) is 63.7. The van der Waals surface area contributed by atoms with Crippen molar-refractivity contribution in [1.82, 2.24) is 0 Å². The fraction of sp³-hybridized carbons (Fsp3) is 0.0690. The number of aryl methyl sites for hydroxylation is 1.